The zero-order chi connectivity index (χ0) is 9.56. The average Bonchev–Trinajstić information content (AvgIpc) is 2.03. The van der Waals surface area contributed by atoms with E-state index < -0.39 is 0 Å². The van der Waals surface area contributed by atoms with Gasteiger partial charge in [-0.3, -0.25) is 4.79 Å². The number of amides is 1. The molecule has 1 unspecified atom stereocenters. The molecule has 0 heterocycles. The third-order valence-corrected chi connectivity index (χ3v) is 2.24. The van der Waals surface area contributed by atoms with Crippen LogP contribution in [0, 0.1) is 5.92 Å². The van der Waals surface area contributed by atoms with E-state index in [1.165, 1.54) is 6.92 Å². The van der Waals surface area contributed by atoms with Gasteiger partial charge in [-0.25, -0.2) is 0 Å². The fourth-order valence-corrected chi connectivity index (χ4v) is 1.32. The van der Waals surface area contributed by atoms with Crippen molar-refractivity contribution in [2.75, 3.05) is 6.54 Å². The van der Waals surface area contributed by atoms with Crippen LogP contribution in [0.4, 0.5) is 0 Å². The van der Waals surface area contributed by atoms with Crippen LogP contribution in [0.3, 0.4) is 0 Å². The highest BCUT2D eigenvalue weighted by molar-refractivity contribution is 5.72. The van der Waals surface area contributed by atoms with Crippen LogP contribution in [0.25, 0.3) is 0 Å². The fraction of sp³-hybridized carbons (Fsp3) is 0.889. The summed E-state index contributed by atoms with van der Waals surface area (Å²) in [5, 5.41) is 2.73. The second-order valence-corrected chi connectivity index (χ2v) is 3.18. The Hall–Kier alpha value is -0.570. The van der Waals surface area contributed by atoms with Crippen LogP contribution in [0.1, 0.15) is 33.6 Å². The van der Waals surface area contributed by atoms with Gasteiger partial charge in [-0.05, 0) is 5.92 Å². The molecule has 3 nitrogen and oxygen atoms in total. The molecule has 0 bridgehead atoms. The molecule has 0 aliphatic rings. The summed E-state index contributed by atoms with van der Waals surface area (Å²) >= 11 is 0. The van der Waals surface area contributed by atoms with Crippen LogP contribution in [-0.2, 0) is 4.79 Å². The van der Waals surface area contributed by atoms with E-state index in [1.807, 2.05) is 0 Å². The van der Waals surface area contributed by atoms with Crippen LogP contribution in [0.15, 0.2) is 0 Å². The Morgan fingerprint density at radius 1 is 1.42 bits per heavy atom. The molecule has 0 aliphatic heterocycles. The first kappa shape index (κ1) is 11.4. The number of hydrogen-bond acceptors (Lipinski definition) is 2. The topological polar surface area (TPSA) is 55.1 Å². The van der Waals surface area contributed by atoms with Gasteiger partial charge in [-0.2, -0.15) is 0 Å². The molecular formula is C9H20N2O. The molecule has 72 valence electrons. The van der Waals surface area contributed by atoms with Gasteiger partial charge in [-0.1, -0.05) is 26.7 Å². The van der Waals surface area contributed by atoms with Gasteiger partial charge in [0, 0.05) is 19.5 Å². The van der Waals surface area contributed by atoms with Crippen molar-refractivity contribution in [3.8, 4) is 0 Å². The van der Waals surface area contributed by atoms with Crippen LogP contribution in [-0.4, -0.2) is 18.5 Å². The van der Waals surface area contributed by atoms with Crippen molar-refractivity contribution in [1.82, 2.24) is 5.32 Å². The second-order valence-electron chi connectivity index (χ2n) is 3.18. The summed E-state index contributed by atoms with van der Waals surface area (Å²) in [5.41, 5.74) is 5.87. The molecule has 0 saturated heterocycles. The highest BCUT2D eigenvalue weighted by atomic mass is 16.1. The molecule has 12 heavy (non-hydrogen) atoms. The molecule has 0 aromatic rings. The van der Waals surface area contributed by atoms with E-state index in [-0.39, 0.29) is 11.9 Å². The fourth-order valence-electron chi connectivity index (χ4n) is 1.32. The van der Waals surface area contributed by atoms with Gasteiger partial charge in [0.1, 0.15) is 0 Å². The van der Waals surface area contributed by atoms with E-state index in [1.54, 1.807) is 0 Å². The zero-order valence-electron chi connectivity index (χ0n) is 8.26. The molecule has 0 rings (SSSR count). The summed E-state index contributed by atoms with van der Waals surface area (Å²) in [7, 11) is 0. The second kappa shape index (κ2) is 6.00. The van der Waals surface area contributed by atoms with Crippen molar-refractivity contribution in [2.24, 2.45) is 11.7 Å². The molecule has 3 heteroatoms. The molecule has 0 aliphatic carbocycles. The van der Waals surface area contributed by atoms with Gasteiger partial charge >= 0.3 is 0 Å². The first-order chi connectivity index (χ1) is 5.61. The lowest BCUT2D eigenvalue weighted by Gasteiger charge is -2.20. The molecule has 1 atom stereocenters. The predicted molar refractivity (Wildman–Crippen MR) is 50.7 cm³/mol. The summed E-state index contributed by atoms with van der Waals surface area (Å²) in [5.74, 6) is 0.522. The SMILES string of the molecule is CCC(CC)C(N)CNC(C)=O. The molecule has 3 N–H and O–H groups in total. The van der Waals surface area contributed by atoms with Gasteiger partial charge in [0.2, 0.25) is 5.91 Å². The van der Waals surface area contributed by atoms with E-state index in [9.17, 15) is 4.79 Å². The number of rotatable bonds is 5. The van der Waals surface area contributed by atoms with Crippen LogP contribution >= 0.6 is 0 Å². The van der Waals surface area contributed by atoms with Crippen molar-refractivity contribution >= 4 is 5.91 Å². The average molecular weight is 172 g/mol. The minimum Gasteiger partial charge on any atom is -0.355 e. The Morgan fingerprint density at radius 2 is 1.92 bits per heavy atom. The lowest BCUT2D eigenvalue weighted by molar-refractivity contribution is -0.119. The number of carbonyl (C=O) groups is 1. The highest BCUT2D eigenvalue weighted by Crippen LogP contribution is 2.10. The number of nitrogens with two attached hydrogens (primary N) is 1. The molecule has 0 spiro atoms. The Kier molecular flexibility index (Phi) is 5.72. The third kappa shape index (κ3) is 4.34. The molecular weight excluding hydrogens is 152 g/mol. The minimum atomic E-state index is -0.00333. The smallest absolute Gasteiger partial charge is 0.216 e. The van der Waals surface area contributed by atoms with Crippen LogP contribution in [0.5, 0.6) is 0 Å². The minimum absolute atomic E-state index is 0.00333. The largest absolute Gasteiger partial charge is 0.355 e. The third-order valence-electron chi connectivity index (χ3n) is 2.24. The Balaban J connectivity index is 3.68. The number of nitrogens with one attached hydrogen (secondary N) is 1. The highest BCUT2D eigenvalue weighted by Gasteiger charge is 2.13. The van der Waals surface area contributed by atoms with Gasteiger partial charge in [0.05, 0.1) is 0 Å². The summed E-state index contributed by atoms with van der Waals surface area (Å²) < 4.78 is 0. The summed E-state index contributed by atoms with van der Waals surface area (Å²) in [6.45, 7) is 6.37. The van der Waals surface area contributed by atoms with E-state index in [0.717, 1.165) is 12.8 Å². The van der Waals surface area contributed by atoms with Crippen molar-refractivity contribution in [1.29, 1.82) is 0 Å². The molecule has 1 amide bonds. The molecule has 0 radical (unpaired) electrons. The summed E-state index contributed by atoms with van der Waals surface area (Å²) in [4.78, 5) is 10.6. The Bertz CT molecular complexity index is 132. The first-order valence-corrected chi connectivity index (χ1v) is 4.61. The number of carbonyl (C=O) groups excluding carboxylic acids is 1. The summed E-state index contributed by atoms with van der Waals surface area (Å²) in [6.07, 6.45) is 2.16. The van der Waals surface area contributed by atoms with Crippen molar-refractivity contribution in [3.63, 3.8) is 0 Å². The van der Waals surface area contributed by atoms with E-state index >= 15 is 0 Å². The molecule has 0 aromatic carbocycles. The van der Waals surface area contributed by atoms with E-state index in [0.29, 0.717) is 12.5 Å². The maximum atomic E-state index is 10.6. The Morgan fingerprint density at radius 3 is 2.25 bits per heavy atom. The maximum Gasteiger partial charge on any atom is 0.216 e. The van der Waals surface area contributed by atoms with E-state index in [2.05, 4.69) is 19.2 Å². The van der Waals surface area contributed by atoms with Crippen LogP contribution < -0.4 is 11.1 Å². The van der Waals surface area contributed by atoms with E-state index in [4.69, 9.17) is 5.73 Å². The monoisotopic (exact) mass is 172 g/mol. The first-order valence-electron chi connectivity index (χ1n) is 4.61. The molecule has 0 fully saturated rings. The van der Waals surface area contributed by atoms with Gasteiger partial charge < -0.3 is 11.1 Å². The number of hydrogen-bond donors (Lipinski definition) is 2. The lowest BCUT2D eigenvalue weighted by Crippen LogP contribution is -2.41. The van der Waals surface area contributed by atoms with Crippen molar-refractivity contribution in [3.05, 3.63) is 0 Å². The van der Waals surface area contributed by atoms with Gasteiger partial charge in [0.15, 0.2) is 0 Å². The van der Waals surface area contributed by atoms with Crippen molar-refractivity contribution < 1.29 is 4.79 Å². The van der Waals surface area contributed by atoms with Gasteiger partial charge in [-0.15, -0.1) is 0 Å². The standard InChI is InChI=1S/C9H20N2O/c1-4-8(5-2)9(10)6-11-7(3)12/h8-9H,4-6,10H2,1-3H3,(H,11,12). The zero-order valence-corrected chi connectivity index (χ0v) is 8.26. The van der Waals surface area contributed by atoms with Crippen molar-refractivity contribution in [2.45, 2.75) is 39.7 Å². The lowest BCUT2D eigenvalue weighted by atomic mass is 9.95. The summed E-state index contributed by atoms with van der Waals surface area (Å²) in [6, 6.07) is 0.101. The molecule has 0 aromatic heterocycles. The quantitative estimate of drug-likeness (QED) is 0.647. The molecule has 0 saturated carbocycles. The van der Waals surface area contributed by atoms with Crippen LogP contribution in [0.2, 0.25) is 0 Å². The predicted octanol–water partition coefficient (Wildman–Crippen LogP) is 0.886. The normalized spacial score (nSPS) is 13.1. The Labute approximate surface area is 74.7 Å². The van der Waals surface area contributed by atoms with Gasteiger partial charge in [0.25, 0.3) is 0 Å². The maximum absolute atomic E-state index is 10.6.